The van der Waals surface area contributed by atoms with E-state index in [2.05, 4.69) is 11.4 Å². The summed E-state index contributed by atoms with van der Waals surface area (Å²) in [6, 6.07) is 23.4. The summed E-state index contributed by atoms with van der Waals surface area (Å²) in [7, 11) is 1.62. The topological polar surface area (TPSA) is 109 Å². The van der Waals surface area contributed by atoms with Crippen LogP contribution >= 0.6 is 0 Å². The molecule has 1 heterocycles. The van der Waals surface area contributed by atoms with Gasteiger partial charge in [0.25, 0.3) is 0 Å². The Balaban J connectivity index is 1.52. The number of hydrogen-bond acceptors (Lipinski definition) is 7. The zero-order chi connectivity index (χ0) is 27.5. The number of carbonyl (C=O) groups is 2. The van der Waals surface area contributed by atoms with Gasteiger partial charge in [-0.15, -0.1) is 0 Å². The largest absolute Gasteiger partial charge is 0.508 e. The van der Waals surface area contributed by atoms with E-state index < -0.39 is 11.9 Å². The number of ketones is 1. The third-order valence-corrected chi connectivity index (χ3v) is 7.33. The number of hydrogen-bond donors (Lipinski definition) is 2. The fourth-order valence-electron chi connectivity index (χ4n) is 5.55. The molecule has 2 atom stereocenters. The Morgan fingerprint density at radius 2 is 1.85 bits per heavy atom. The first-order valence-electron chi connectivity index (χ1n) is 12.7. The molecule has 0 saturated heterocycles. The maximum atomic E-state index is 13.8. The molecule has 2 aliphatic rings. The Morgan fingerprint density at radius 3 is 2.62 bits per heavy atom. The average Bonchev–Trinajstić information content (AvgIpc) is 2.95. The normalized spacial score (nSPS) is 18.6. The number of phenolic OH excluding ortho intramolecular Hbond substituents is 1. The molecule has 0 unspecified atom stereocenters. The number of para-hydroxylation sites is 1. The molecule has 39 heavy (non-hydrogen) atoms. The van der Waals surface area contributed by atoms with Crippen LogP contribution in [0.3, 0.4) is 0 Å². The minimum atomic E-state index is -0.710. The molecule has 1 aliphatic carbocycles. The molecule has 0 radical (unpaired) electrons. The van der Waals surface area contributed by atoms with Gasteiger partial charge in [0, 0.05) is 40.8 Å². The monoisotopic (exact) mass is 520 g/mol. The number of methoxy groups -OCH3 is 1. The van der Waals surface area contributed by atoms with Crippen molar-refractivity contribution in [1.29, 1.82) is 5.26 Å². The quantitative estimate of drug-likeness (QED) is 0.420. The van der Waals surface area contributed by atoms with Gasteiger partial charge >= 0.3 is 5.97 Å². The van der Waals surface area contributed by atoms with Gasteiger partial charge in [-0.2, -0.15) is 5.26 Å². The smallest absolute Gasteiger partial charge is 0.337 e. The lowest BCUT2D eigenvalue weighted by Gasteiger charge is -2.37. The summed E-state index contributed by atoms with van der Waals surface area (Å²) < 4.78 is 11.3. The van der Waals surface area contributed by atoms with E-state index in [4.69, 9.17) is 9.47 Å². The van der Waals surface area contributed by atoms with Crippen molar-refractivity contribution in [3.63, 3.8) is 0 Å². The van der Waals surface area contributed by atoms with E-state index in [0.29, 0.717) is 40.0 Å². The Labute approximate surface area is 227 Å². The number of rotatable bonds is 6. The summed E-state index contributed by atoms with van der Waals surface area (Å²) >= 11 is 0. The van der Waals surface area contributed by atoms with E-state index >= 15 is 0 Å². The number of Topliss-reactive ketones (excluding diaryl/α,β-unsaturated/α-hetero) is 1. The van der Waals surface area contributed by atoms with Crippen molar-refractivity contribution < 1.29 is 24.2 Å². The zero-order valence-corrected chi connectivity index (χ0v) is 21.7. The van der Waals surface area contributed by atoms with Crippen molar-refractivity contribution in [2.45, 2.75) is 38.2 Å². The molecular formula is C32H28N2O5. The second kappa shape index (κ2) is 10.9. The van der Waals surface area contributed by atoms with E-state index in [1.807, 2.05) is 24.3 Å². The van der Waals surface area contributed by atoms with Crippen LogP contribution in [0.2, 0.25) is 0 Å². The summed E-state index contributed by atoms with van der Waals surface area (Å²) in [5.74, 6) is -0.704. The zero-order valence-electron chi connectivity index (χ0n) is 21.7. The van der Waals surface area contributed by atoms with Crippen molar-refractivity contribution in [1.82, 2.24) is 5.32 Å². The number of nitrogens with one attached hydrogen (secondary N) is 1. The highest BCUT2D eigenvalue weighted by Crippen LogP contribution is 2.47. The molecular weight excluding hydrogens is 492 g/mol. The molecule has 2 N–H and O–H groups in total. The van der Waals surface area contributed by atoms with Crippen molar-refractivity contribution in [3.05, 3.63) is 118 Å². The molecule has 7 nitrogen and oxygen atoms in total. The van der Waals surface area contributed by atoms with Crippen LogP contribution in [0.15, 0.2) is 95.3 Å². The van der Waals surface area contributed by atoms with Crippen LogP contribution in [0.25, 0.3) is 0 Å². The van der Waals surface area contributed by atoms with Crippen LogP contribution in [0.4, 0.5) is 0 Å². The average molecular weight is 521 g/mol. The first-order valence-corrected chi connectivity index (χ1v) is 12.7. The lowest BCUT2D eigenvalue weighted by atomic mass is 9.71. The number of ether oxygens (including phenoxy) is 2. The minimum Gasteiger partial charge on any atom is -0.508 e. The van der Waals surface area contributed by atoms with E-state index in [1.54, 1.807) is 62.6 Å². The summed E-state index contributed by atoms with van der Waals surface area (Å²) in [6.07, 6.45) is 0.819. The molecule has 0 amide bonds. The SMILES string of the molecule is COc1ccccc1[C@H]1CC(=O)C2=C(C1)NC(C)=C(C(=O)OCc1ccccc1C#N)[C@H]2c1cccc(O)c1. The minimum absolute atomic E-state index is 0.0386. The maximum Gasteiger partial charge on any atom is 0.337 e. The van der Waals surface area contributed by atoms with E-state index in [-0.39, 0.29) is 30.5 Å². The maximum absolute atomic E-state index is 13.8. The van der Waals surface area contributed by atoms with E-state index in [9.17, 15) is 20.0 Å². The number of phenols is 1. The third kappa shape index (κ3) is 5.01. The summed E-state index contributed by atoms with van der Waals surface area (Å²) in [6.45, 7) is 1.71. The van der Waals surface area contributed by atoms with Crippen LogP contribution in [-0.2, 0) is 20.9 Å². The molecule has 5 rings (SSSR count). The summed E-state index contributed by atoms with van der Waals surface area (Å²) in [4.78, 5) is 27.4. The van der Waals surface area contributed by atoms with E-state index in [0.717, 1.165) is 17.0 Å². The lowest BCUT2D eigenvalue weighted by Crippen LogP contribution is -2.36. The van der Waals surface area contributed by atoms with Gasteiger partial charge in [-0.25, -0.2) is 4.79 Å². The Kier molecular flexibility index (Phi) is 7.20. The molecule has 0 spiro atoms. The number of esters is 1. The van der Waals surface area contributed by atoms with Crippen LogP contribution in [-0.4, -0.2) is 24.0 Å². The van der Waals surface area contributed by atoms with Gasteiger partial charge in [0.2, 0.25) is 0 Å². The van der Waals surface area contributed by atoms with Gasteiger partial charge in [-0.1, -0.05) is 48.5 Å². The lowest BCUT2D eigenvalue weighted by molar-refractivity contribution is -0.140. The number of nitrogens with zero attached hydrogens (tertiary/aromatic N) is 1. The highest BCUT2D eigenvalue weighted by atomic mass is 16.5. The van der Waals surface area contributed by atoms with Crippen molar-refractivity contribution in [2.75, 3.05) is 7.11 Å². The van der Waals surface area contributed by atoms with Gasteiger partial charge in [0.05, 0.1) is 24.3 Å². The second-order valence-corrected chi connectivity index (χ2v) is 9.70. The first-order chi connectivity index (χ1) is 18.9. The van der Waals surface area contributed by atoms with Gasteiger partial charge < -0.3 is 19.9 Å². The molecule has 0 saturated carbocycles. The number of aromatic hydroxyl groups is 1. The summed E-state index contributed by atoms with van der Waals surface area (Å²) in [5.41, 5.74) is 4.73. The number of carbonyl (C=O) groups excluding carboxylic acids is 2. The van der Waals surface area contributed by atoms with Crippen LogP contribution in [0.5, 0.6) is 11.5 Å². The fraction of sp³-hybridized carbons (Fsp3) is 0.219. The standard InChI is InChI=1S/C32H28N2O5/c1-19-29(32(37)39-18-22-9-4-3-8-21(22)17-33)30(20-10-7-11-24(35)14-20)31-26(34-19)15-23(16-27(31)36)25-12-5-6-13-28(25)38-2/h3-14,23,30,34-35H,15-16,18H2,1-2H3/t23-,30-/m1/s1. The molecule has 0 bridgehead atoms. The first kappa shape index (κ1) is 25.8. The second-order valence-electron chi connectivity index (χ2n) is 9.70. The number of dihydropyridines is 1. The fourth-order valence-corrected chi connectivity index (χ4v) is 5.55. The number of benzene rings is 3. The van der Waals surface area contributed by atoms with E-state index in [1.165, 1.54) is 0 Å². The van der Waals surface area contributed by atoms with Crippen molar-refractivity contribution in [3.8, 4) is 17.6 Å². The molecule has 0 fully saturated rings. The Hall–Kier alpha value is -4.83. The molecule has 3 aromatic carbocycles. The number of allylic oxidation sites excluding steroid dienone is 3. The Bertz CT molecular complexity index is 1560. The van der Waals surface area contributed by atoms with Gasteiger partial charge in [-0.3, -0.25) is 4.79 Å². The molecule has 196 valence electrons. The van der Waals surface area contributed by atoms with Crippen molar-refractivity contribution >= 4 is 11.8 Å². The summed E-state index contributed by atoms with van der Waals surface area (Å²) in [5, 5.41) is 23.0. The Morgan fingerprint density at radius 1 is 1.08 bits per heavy atom. The molecule has 1 aliphatic heterocycles. The molecule has 0 aromatic heterocycles. The highest BCUT2D eigenvalue weighted by molar-refractivity contribution is 6.04. The predicted molar refractivity (Wildman–Crippen MR) is 145 cm³/mol. The predicted octanol–water partition coefficient (Wildman–Crippen LogP) is 5.38. The number of nitriles is 1. The van der Waals surface area contributed by atoms with Gasteiger partial charge in [0.1, 0.15) is 18.1 Å². The highest BCUT2D eigenvalue weighted by Gasteiger charge is 2.42. The van der Waals surface area contributed by atoms with Crippen molar-refractivity contribution in [2.24, 2.45) is 0 Å². The van der Waals surface area contributed by atoms with Gasteiger partial charge in [-0.05, 0) is 48.7 Å². The molecule has 3 aromatic rings. The van der Waals surface area contributed by atoms with Gasteiger partial charge in [0.15, 0.2) is 5.78 Å². The third-order valence-electron chi connectivity index (χ3n) is 7.33. The van der Waals surface area contributed by atoms with Crippen LogP contribution < -0.4 is 10.1 Å². The molecule has 7 heteroatoms. The van der Waals surface area contributed by atoms with Crippen LogP contribution in [0.1, 0.15) is 53.9 Å². The van der Waals surface area contributed by atoms with Crippen LogP contribution in [0, 0.1) is 11.3 Å².